The van der Waals surface area contributed by atoms with Gasteiger partial charge in [0.15, 0.2) is 5.58 Å². The van der Waals surface area contributed by atoms with Gasteiger partial charge in [0, 0.05) is 35.3 Å². The summed E-state index contributed by atoms with van der Waals surface area (Å²) in [5.74, 6) is 0.174. The fraction of sp³-hybridized carbons (Fsp3) is 0.167. The van der Waals surface area contributed by atoms with Crippen LogP contribution in [0.15, 0.2) is 50.8 Å². The molecule has 0 radical (unpaired) electrons. The lowest BCUT2D eigenvalue weighted by atomic mass is 10.2. The number of aromatic amines is 1. The van der Waals surface area contributed by atoms with Crippen LogP contribution < -0.4 is 19.5 Å². The van der Waals surface area contributed by atoms with Crippen molar-refractivity contribution in [2.75, 3.05) is 18.5 Å². The quantitative estimate of drug-likeness (QED) is 0.439. The molecule has 0 aliphatic rings. The van der Waals surface area contributed by atoms with Crippen molar-refractivity contribution in [2.24, 2.45) is 0 Å². The first-order valence-corrected chi connectivity index (χ1v) is 9.87. The number of H-pyrrole nitrogens is 1. The number of anilines is 1. The predicted octanol–water partition coefficient (Wildman–Crippen LogP) is 3.84. The van der Waals surface area contributed by atoms with Gasteiger partial charge < -0.3 is 13.9 Å². The molecule has 11 heteroatoms. The van der Waals surface area contributed by atoms with Crippen molar-refractivity contribution in [3.05, 3.63) is 58.6 Å². The van der Waals surface area contributed by atoms with Gasteiger partial charge >= 0.3 is 5.76 Å². The summed E-state index contributed by atoms with van der Waals surface area (Å²) >= 11 is 2.31. The SMILES string of the molecule is COc1ccc(CN(Sc2cc3oc(=O)[nH]c3cc2F)c2ncns2)c(OC)c1. The molecule has 0 unspecified atom stereocenters. The molecule has 0 amide bonds. The van der Waals surface area contributed by atoms with Gasteiger partial charge in [-0.2, -0.15) is 4.37 Å². The number of benzene rings is 2. The van der Waals surface area contributed by atoms with Crippen LogP contribution in [0.3, 0.4) is 0 Å². The lowest BCUT2D eigenvalue weighted by Crippen LogP contribution is -2.14. The highest BCUT2D eigenvalue weighted by Gasteiger charge is 2.19. The van der Waals surface area contributed by atoms with E-state index in [0.29, 0.717) is 28.7 Å². The monoisotopic (exact) mass is 434 g/mol. The third-order valence-electron chi connectivity index (χ3n) is 4.05. The lowest BCUT2D eigenvalue weighted by molar-refractivity contribution is 0.391. The summed E-state index contributed by atoms with van der Waals surface area (Å²) in [5.41, 5.74) is 1.43. The molecule has 0 saturated heterocycles. The standard InChI is InChI=1S/C18H15FN4O4S2/c1-25-11-4-3-10(14(5-11)26-2)8-23(17-20-9-21-28-17)29-16-7-15-13(6-12(16)19)22-18(24)27-15/h3-7,9H,8H2,1-2H3,(H,22,24). The Hall–Kier alpha value is -3.05. The summed E-state index contributed by atoms with van der Waals surface area (Å²) in [5, 5.41) is 0.586. The molecule has 2 aromatic carbocycles. The highest BCUT2D eigenvalue weighted by Crippen LogP contribution is 2.36. The fourth-order valence-corrected chi connectivity index (χ4v) is 4.22. The number of ether oxygens (including phenoxy) is 2. The Morgan fingerprint density at radius 1 is 1.28 bits per heavy atom. The summed E-state index contributed by atoms with van der Waals surface area (Å²) < 4.78 is 36.2. The Balaban J connectivity index is 1.69. The Labute approximate surface area is 172 Å². The van der Waals surface area contributed by atoms with Gasteiger partial charge in [-0.1, -0.05) is 0 Å². The van der Waals surface area contributed by atoms with Crippen molar-refractivity contribution in [1.29, 1.82) is 0 Å². The average molecular weight is 434 g/mol. The first kappa shape index (κ1) is 19.3. The minimum Gasteiger partial charge on any atom is -0.497 e. The molecule has 0 bridgehead atoms. The number of oxazole rings is 1. The number of rotatable bonds is 7. The van der Waals surface area contributed by atoms with Crippen molar-refractivity contribution in [1.82, 2.24) is 14.3 Å². The predicted molar refractivity (Wildman–Crippen MR) is 108 cm³/mol. The van der Waals surface area contributed by atoms with Crippen LogP contribution in [0.5, 0.6) is 11.5 Å². The Bertz CT molecular complexity index is 1190. The maximum atomic E-state index is 14.6. The summed E-state index contributed by atoms with van der Waals surface area (Å²) in [6.07, 6.45) is 1.43. The third-order valence-corrected chi connectivity index (χ3v) is 5.89. The maximum Gasteiger partial charge on any atom is 0.417 e. The van der Waals surface area contributed by atoms with Gasteiger partial charge in [0.25, 0.3) is 0 Å². The molecule has 150 valence electrons. The van der Waals surface area contributed by atoms with E-state index in [2.05, 4.69) is 14.3 Å². The molecular formula is C18H15FN4O4S2. The van der Waals surface area contributed by atoms with E-state index in [1.807, 2.05) is 12.1 Å². The summed E-state index contributed by atoms with van der Waals surface area (Å²) in [7, 11) is 3.15. The van der Waals surface area contributed by atoms with Crippen LogP contribution in [0.25, 0.3) is 11.1 Å². The summed E-state index contributed by atoms with van der Waals surface area (Å²) in [6, 6.07) is 8.18. The number of nitrogens with one attached hydrogen (secondary N) is 1. The number of halogens is 1. The van der Waals surface area contributed by atoms with Gasteiger partial charge in [-0.25, -0.2) is 14.2 Å². The molecular weight excluding hydrogens is 419 g/mol. The van der Waals surface area contributed by atoms with Crippen LogP contribution in [0.4, 0.5) is 9.52 Å². The molecule has 2 heterocycles. The second-order valence-corrected chi connectivity index (χ2v) is 7.64. The van der Waals surface area contributed by atoms with Crippen LogP contribution in [0, 0.1) is 5.82 Å². The second kappa shape index (κ2) is 8.13. The van der Waals surface area contributed by atoms with Crippen molar-refractivity contribution < 1.29 is 18.3 Å². The van der Waals surface area contributed by atoms with Gasteiger partial charge in [-0.05, 0) is 24.1 Å². The molecule has 0 aliphatic carbocycles. The van der Waals surface area contributed by atoms with Crippen LogP contribution in [-0.2, 0) is 6.54 Å². The molecule has 8 nitrogen and oxygen atoms in total. The van der Waals surface area contributed by atoms with Gasteiger partial charge in [0.05, 0.1) is 31.2 Å². The number of fused-ring (bicyclic) bond motifs is 1. The normalized spacial score (nSPS) is 11.0. The van der Waals surface area contributed by atoms with E-state index < -0.39 is 11.6 Å². The Morgan fingerprint density at radius 3 is 2.86 bits per heavy atom. The van der Waals surface area contributed by atoms with Gasteiger partial charge in [-0.15, -0.1) is 0 Å². The largest absolute Gasteiger partial charge is 0.497 e. The van der Waals surface area contributed by atoms with Crippen molar-refractivity contribution in [3.63, 3.8) is 0 Å². The molecule has 0 spiro atoms. The number of nitrogens with zero attached hydrogens (tertiary/aromatic N) is 3. The molecule has 29 heavy (non-hydrogen) atoms. The van der Waals surface area contributed by atoms with E-state index >= 15 is 0 Å². The molecule has 0 aliphatic heterocycles. The van der Waals surface area contributed by atoms with E-state index in [4.69, 9.17) is 13.9 Å². The number of hydrogen-bond donors (Lipinski definition) is 1. The molecule has 0 saturated carbocycles. The van der Waals surface area contributed by atoms with Crippen LogP contribution >= 0.6 is 23.5 Å². The summed E-state index contributed by atoms with van der Waals surface area (Å²) in [4.78, 5) is 18.3. The first-order chi connectivity index (χ1) is 14.1. The molecule has 0 atom stereocenters. The van der Waals surface area contributed by atoms with E-state index in [1.54, 1.807) is 24.6 Å². The number of methoxy groups -OCH3 is 2. The van der Waals surface area contributed by atoms with Crippen molar-refractivity contribution in [3.8, 4) is 11.5 Å². The second-order valence-electron chi connectivity index (χ2n) is 5.82. The molecule has 4 rings (SSSR count). The Kier molecular flexibility index (Phi) is 5.41. The van der Waals surface area contributed by atoms with Crippen molar-refractivity contribution in [2.45, 2.75) is 11.4 Å². The zero-order chi connectivity index (χ0) is 20.4. The van der Waals surface area contributed by atoms with Gasteiger partial charge in [0.1, 0.15) is 23.6 Å². The molecule has 1 N–H and O–H groups in total. The van der Waals surface area contributed by atoms with Crippen LogP contribution in [0.1, 0.15) is 5.56 Å². The van der Waals surface area contributed by atoms with Crippen molar-refractivity contribution >= 4 is 39.7 Å². The lowest BCUT2D eigenvalue weighted by Gasteiger charge is -2.21. The minimum absolute atomic E-state index is 0.276. The maximum absolute atomic E-state index is 14.6. The van der Waals surface area contributed by atoms with E-state index in [9.17, 15) is 9.18 Å². The van der Waals surface area contributed by atoms with E-state index in [0.717, 1.165) is 17.5 Å². The van der Waals surface area contributed by atoms with Crippen LogP contribution in [-0.4, -0.2) is 28.6 Å². The Morgan fingerprint density at radius 2 is 2.14 bits per heavy atom. The highest BCUT2D eigenvalue weighted by molar-refractivity contribution is 8.00. The third kappa shape index (κ3) is 4.05. The zero-order valence-electron chi connectivity index (χ0n) is 15.3. The minimum atomic E-state index is -0.634. The highest BCUT2D eigenvalue weighted by atomic mass is 32.2. The molecule has 2 aromatic heterocycles. The van der Waals surface area contributed by atoms with E-state index in [-0.39, 0.29) is 10.5 Å². The zero-order valence-corrected chi connectivity index (χ0v) is 17.0. The number of aromatic nitrogens is 3. The number of hydrogen-bond acceptors (Lipinski definition) is 9. The average Bonchev–Trinajstić information content (AvgIpc) is 3.37. The molecule has 4 aromatic rings. The van der Waals surface area contributed by atoms with E-state index in [1.165, 1.54) is 30.0 Å². The topological polar surface area (TPSA) is 93.5 Å². The molecule has 0 fully saturated rings. The van der Waals surface area contributed by atoms with Crippen LogP contribution in [0.2, 0.25) is 0 Å². The summed E-state index contributed by atoms with van der Waals surface area (Å²) in [6.45, 7) is 0.363. The first-order valence-electron chi connectivity index (χ1n) is 8.33. The fourth-order valence-electron chi connectivity index (χ4n) is 2.69. The smallest absolute Gasteiger partial charge is 0.417 e. The van der Waals surface area contributed by atoms with Gasteiger partial charge in [-0.3, -0.25) is 9.29 Å². The van der Waals surface area contributed by atoms with Gasteiger partial charge in [0.2, 0.25) is 5.13 Å².